The molecule has 0 radical (unpaired) electrons. The highest BCUT2D eigenvalue weighted by molar-refractivity contribution is 6.14. The van der Waals surface area contributed by atoms with Crippen molar-refractivity contribution < 1.29 is 27.5 Å². The first kappa shape index (κ1) is 11.7. The number of rotatable bonds is 4. The molecule has 0 aliphatic rings. The molecule has 0 saturated heterocycles. The molecule has 0 rings (SSSR count). The van der Waals surface area contributed by atoms with Gasteiger partial charge < -0.3 is 4.74 Å². The minimum atomic E-state index is -5.04. The molecular weight excluding hydrogens is 189 g/mol. The van der Waals surface area contributed by atoms with Crippen LogP contribution < -0.4 is 0 Å². The van der Waals surface area contributed by atoms with Crippen molar-refractivity contribution in [2.45, 2.75) is 13.1 Å². The predicted molar refractivity (Wildman–Crippen MR) is 36.8 cm³/mol. The van der Waals surface area contributed by atoms with E-state index in [0.717, 1.165) is 0 Å². The Balaban J connectivity index is 4.60. The van der Waals surface area contributed by atoms with Crippen LogP contribution in [0.25, 0.3) is 0 Å². The molecule has 0 spiro atoms. The summed E-state index contributed by atoms with van der Waals surface area (Å²) in [5.41, 5.74) is -1.03. The van der Waals surface area contributed by atoms with Crippen molar-refractivity contribution in [1.29, 1.82) is 0 Å². The zero-order valence-corrected chi connectivity index (χ0v) is 6.72. The van der Waals surface area contributed by atoms with E-state index in [2.05, 4.69) is 4.74 Å². The van der Waals surface area contributed by atoms with Crippen molar-refractivity contribution in [3.8, 4) is 0 Å². The number of alkyl halides is 3. The molecular formula is C7H7F3O3. The average molecular weight is 196 g/mol. The van der Waals surface area contributed by atoms with Crippen LogP contribution in [-0.2, 0) is 14.3 Å². The molecule has 0 atom stereocenters. The topological polar surface area (TPSA) is 43.4 Å². The normalized spacial score (nSPS) is 12.5. The van der Waals surface area contributed by atoms with Gasteiger partial charge in [0.1, 0.15) is 5.57 Å². The number of ketones is 1. The van der Waals surface area contributed by atoms with Gasteiger partial charge in [-0.3, -0.25) is 9.59 Å². The molecule has 0 fully saturated rings. The Morgan fingerprint density at radius 1 is 1.46 bits per heavy atom. The van der Waals surface area contributed by atoms with Crippen molar-refractivity contribution >= 4 is 12.1 Å². The van der Waals surface area contributed by atoms with Gasteiger partial charge in [0.15, 0.2) is 6.29 Å². The van der Waals surface area contributed by atoms with Crippen LogP contribution in [0.5, 0.6) is 0 Å². The second-order valence-electron chi connectivity index (χ2n) is 1.97. The lowest BCUT2D eigenvalue weighted by Crippen LogP contribution is -2.25. The maximum Gasteiger partial charge on any atom is 0.455 e. The summed E-state index contributed by atoms with van der Waals surface area (Å²) in [5, 5.41) is 0. The molecule has 0 amide bonds. The summed E-state index contributed by atoms with van der Waals surface area (Å²) >= 11 is 0. The number of halogens is 3. The predicted octanol–water partition coefficient (Wildman–Crippen LogP) is 1.24. The average Bonchev–Trinajstić information content (AvgIpc) is 2.04. The molecule has 13 heavy (non-hydrogen) atoms. The summed E-state index contributed by atoms with van der Waals surface area (Å²) in [4.78, 5) is 20.4. The Kier molecular flexibility index (Phi) is 4.16. The van der Waals surface area contributed by atoms with Gasteiger partial charge >= 0.3 is 6.18 Å². The Labute approximate surface area is 72.2 Å². The van der Waals surface area contributed by atoms with Crippen LogP contribution in [0.15, 0.2) is 11.8 Å². The van der Waals surface area contributed by atoms with Gasteiger partial charge in [0, 0.05) is 0 Å². The van der Waals surface area contributed by atoms with E-state index in [9.17, 15) is 22.8 Å². The van der Waals surface area contributed by atoms with Gasteiger partial charge in [0.25, 0.3) is 5.78 Å². The number of hydrogen-bond donors (Lipinski definition) is 0. The van der Waals surface area contributed by atoms with E-state index in [1.807, 2.05) is 0 Å². The smallest absolute Gasteiger partial charge is 0.455 e. The molecule has 0 bridgehead atoms. The zero-order valence-electron chi connectivity index (χ0n) is 6.72. The molecule has 3 nitrogen and oxygen atoms in total. The summed E-state index contributed by atoms with van der Waals surface area (Å²) in [5.74, 6) is -2.20. The largest absolute Gasteiger partial charge is 0.501 e. The Bertz CT molecular complexity index is 230. The van der Waals surface area contributed by atoms with Gasteiger partial charge in [0.2, 0.25) is 0 Å². The maximum atomic E-state index is 11.7. The summed E-state index contributed by atoms with van der Waals surface area (Å²) < 4.78 is 39.5. The zero-order chi connectivity index (χ0) is 10.5. The summed E-state index contributed by atoms with van der Waals surface area (Å²) in [6.45, 7) is 1.60. The van der Waals surface area contributed by atoms with Gasteiger partial charge in [-0.15, -0.1) is 0 Å². The van der Waals surface area contributed by atoms with Crippen LogP contribution in [0.3, 0.4) is 0 Å². The Morgan fingerprint density at radius 2 is 2.00 bits per heavy atom. The van der Waals surface area contributed by atoms with E-state index < -0.39 is 17.5 Å². The number of hydrogen-bond acceptors (Lipinski definition) is 3. The van der Waals surface area contributed by atoms with Gasteiger partial charge in [-0.2, -0.15) is 13.2 Å². The third-order valence-electron chi connectivity index (χ3n) is 1.02. The van der Waals surface area contributed by atoms with Crippen molar-refractivity contribution in [3.05, 3.63) is 11.8 Å². The highest BCUT2D eigenvalue weighted by Crippen LogP contribution is 2.19. The van der Waals surface area contributed by atoms with E-state index >= 15 is 0 Å². The lowest BCUT2D eigenvalue weighted by atomic mass is 10.2. The van der Waals surface area contributed by atoms with Crippen LogP contribution >= 0.6 is 0 Å². The molecule has 0 aliphatic heterocycles. The van der Waals surface area contributed by atoms with E-state index in [4.69, 9.17) is 0 Å². The first-order valence-corrected chi connectivity index (χ1v) is 3.32. The number of Topliss-reactive ketones (excluding diaryl/α,β-unsaturated/α-hetero) is 1. The summed E-state index contributed by atoms with van der Waals surface area (Å²) in [7, 11) is 0. The van der Waals surface area contributed by atoms with Crippen molar-refractivity contribution in [3.63, 3.8) is 0 Å². The van der Waals surface area contributed by atoms with E-state index in [1.165, 1.54) is 6.92 Å². The highest BCUT2D eigenvalue weighted by atomic mass is 19.4. The first-order chi connectivity index (χ1) is 5.93. The fourth-order valence-electron chi connectivity index (χ4n) is 0.472. The first-order valence-electron chi connectivity index (χ1n) is 3.32. The number of ether oxygens (including phenoxy) is 1. The molecule has 0 aromatic rings. The van der Waals surface area contributed by atoms with E-state index in [0.29, 0.717) is 6.26 Å². The van der Waals surface area contributed by atoms with Crippen LogP contribution in [-0.4, -0.2) is 24.9 Å². The van der Waals surface area contributed by atoms with Gasteiger partial charge in [-0.25, -0.2) is 0 Å². The second-order valence-corrected chi connectivity index (χ2v) is 1.97. The third kappa shape index (κ3) is 3.73. The lowest BCUT2D eigenvalue weighted by molar-refractivity contribution is -0.166. The van der Waals surface area contributed by atoms with Crippen molar-refractivity contribution in [1.82, 2.24) is 0 Å². The van der Waals surface area contributed by atoms with Crippen LogP contribution in [0.4, 0.5) is 13.2 Å². The highest BCUT2D eigenvalue weighted by Gasteiger charge is 2.40. The van der Waals surface area contributed by atoms with Crippen LogP contribution in [0.1, 0.15) is 6.92 Å². The minimum Gasteiger partial charge on any atom is -0.501 e. The SMILES string of the molecule is CCO/C=C(\C=O)C(=O)C(F)(F)F. The van der Waals surface area contributed by atoms with Crippen molar-refractivity contribution in [2.75, 3.05) is 6.61 Å². The molecule has 0 heterocycles. The van der Waals surface area contributed by atoms with E-state index in [-0.39, 0.29) is 12.9 Å². The molecule has 74 valence electrons. The molecule has 0 aromatic carbocycles. The second kappa shape index (κ2) is 4.64. The van der Waals surface area contributed by atoms with Gasteiger partial charge in [0.05, 0.1) is 12.9 Å². The molecule has 0 aliphatic carbocycles. The fraction of sp³-hybridized carbons (Fsp3) is 0.429. The number of carbonyl (C=O) groups is 2. The molecule has 6 heteroatoms. The number of aldehydes is 1. The van der Waals surface area contributed by atoms with Crippen molar-refractivity contribution in [2.24, 2.45) is 0 Å². The fourth-order valence-corrected chi connectivity index (χ4v) is 0.472. The minimum absolute atomic E-state index is 0.0858. The van der Waals surface area contributed by atoms with Crippen LogP contribution in [0, 0.1) is 0 Å². The summed E-state index contributed by atoms with van der Waals surface area (Å²) in [6.07, 6.45) is -4.72. The molecule has 0 saturated carbocycles. The molecule has 0 unspecified atom stereocenters. The molecule has 0 N–H and O–H groups in total. The quantitative estimate of drug-likeness (QED) is 0.223. The maximum absolute atomic E-state index is 11.7. The Morgan fingerprint density at radius 3 is 2.31 bits per heavy atom. The Hall–Kier alpha value is -1.33. The lowest BCUT2D eigenvalue weighted by Gasteiger charge is -2.03. The van der Waals surface area contributed by atoms with Gasteiger partial charge in [-0.1, -0.05) is 0 Å². The third-order valence-corrected chi connectivity index (χ3v) is 1.02. The summed E-state index contributed by atoms with van der Waals surface area (Å²) in [6, 6.07) is 0. The molecule has 0 aromatic heterocycles. The van der Waals surface area contributed by atoms with Crippen LogP contribution in [0.2, 0.25) is 0 Å². The monoisotopic (exact) mass is 196 g/mol. The number of carbonyl (C=O) groups excluding carboxylic acids is 2. The number of allylic oxidation sites excluding steroid dienone is 1. The standard InChI is InChI=1S/C7H7F3O3/c1-2-13-4-5(3-11)6(12)7(8,9)10/h3-4H,2H2,1H3/b5-4+. The van der Waals surface area contributed by atoms with E-state index in [1.54, 1.807) is 0 Å². The van der Waals surface area contributed by atoms with Gasteiger partial charge in [-0.05, 0) is 6.92 Å².